The molecule has 0 aromatic heterocycles. The van der Waals surface area contributed by atoms with Crippen molar-refractivity contribution in [1.82, 2.24) is 5.32 Å². The molecule has 11 heavy (non-hydrogen) atoms. The van der Waals surface area contributed by atoms with Gasteiger partial charge in [-0.3, -0.25) is 4.79 Å². The number of carboxylic acids is 1. The SMILES string of the molecule is Cl.O=C(O)[C@@H]1CNCCOC1. The minimum absolute atomic E-state index is 0. The number of halogens is 1. The van der Waals surface area contributed by atoms with E-state index in [0.29, 0.717) is 19.8 Å². The van der Waals surface area contributed by atoms with Gasteiger partial charge in [0, 0.05) is 13.1 Å². The summed E-state index contributed by atoms with van der Waals surface area (Å²) in [5, 5.41) is 11.5. The van der Waals surface area contributed by atoms with Gasteiger partial charge < -0.3 is 15.2 Å². The maximum atomic E-state index is 10.4. The molecule has 0 aliphatic carbocycles. The zero-order chi connectivity index (χ0) is 7.40. The van der Waals surface area contributed by atoms with E-state index in [2.05, 4.69) is 5.32 Å². The molecule has 0 amide bonds. The molecule has 1 aliphatic rings. The third-order valence-electron chi connectivity index (χ3n) is 1.48. The fourth-order valence-electron chi connectivity index (χ4n) is 0.864. The molecule has 1 heterocycles. The summed E-state index contributed by atoms with van der Waals surface area (Å²) in [6, 6.07) is 0. The summed E-state index contributed by atoms with van der Waals surface area (Å²) in [5.41, 5.74) is 0. The number of hydrogen-bond acceptors (Lipinski definition) is 3. The monoisotopic (exact) mass is 181 g/mol. The normalized spacial score (nSPS) is 24.9. The van der Waals surface area contributed by atoms with Crippen LogP contribution < -0.4 is 5.32 Å². The van der Waals surface area contributed by atoms with Crippen molar-refractivity contribution in [3.8, 4) is 0 Å². The molecule has 0 bridgehead atoms. The molecule has 2 N–H and O–H groups in total. The van der Waals surface area contributed by atoms with E-state index < -0.39 is 5.97 Å². The largest absolute Gasteiger partial charge is 0.481 e. The first-order valence-corrected chi connectivity index (χ1v) is 3.32. The van der Waals surface area contributed by atoms with Crippen molar-refractivity contribution >= 4 is 18.4 Å². The number of carbonyl (C=O) groups is 1. The maximum absolute atomic E-state index is 10.4. The molecule has 0 saturated carbocycles. The van der Waals surface area contributed by atoms with E-state index >= 15 is 0 Å². The third-order valence-corrected chi connectivity index (χ3v) is 1.48. The van der Waals surface area contributed by atoms with E-state index in [0.717, 1.165) is 6.54 Å². The molecule has 0 aromatic rings. The molecule has 66 valence electrons. The summed E-state index contributed by atoms with van der Waals surface area (Å²) in [6.07, 6.45) is 0. The van der Waals surface area contributed by atoms with Gasteiger partial charge in [0.15, 0.2) is 0 Å². The Labute approximate surface area is 71.3 Å². The predicted octanol–water partition coefficient (Wildman–Crippen LogP) is -0.271. The number of rotatable bonds is 1. The lowest BCUT2D eigenvalue weighted by Gasteiger charge is -2.05. The van der Waals surface area contributed by atoms with Gasteiger partial charge in [0.05, 0.1) is 19.1 Å². The Hall–Kier alpha value is -0.320. The van der Waals surface area contributed by atoms with Crippen molar-refractivity contribution in [3.63, 3.8) is 0 Å². The van der Waals surface area contributed by atoms with Crippen molar-refractivity contribution in [2.45, 2.75) is 0 Å². The number of hydrogen-bond donors (Lipinski definition) is 2. The summed E-state index contributed by atoms with van der Waals surface area (Å²) in [7, 11) is 0. The smallest absolute Gasteiger partial charge is 0.310 e. The Balaban J connectivity index is 0.000001000. The topological polar surface area (TPSA) is 58.6 Å². The van der Waals surface area contributed by atoms with Gasteiger partial charge in [-0.1, -0.05) is 0 Å². The second-order valence-corrected chi connectivity index (χ2v) is 2.31. The highest BCUT2D eigenvalue weighted by Gasteiger charge is 2.18. The highest BCUT2D eigenvalue weighted by atomic mass is 35.5. The Morgan fingerprint density at radius 3 is 3.00 bits per heavy atom. The van der Waals surface area contributed by atoms with Crippen LogP contribution in [0.25, 0.3) is 0 Å². The second kappa shape index (κ2) is 5.35. The van der Waals surface area contributed by atoms with Gasteiger partial charge in [-0.25, -0.2) is 0 Å². The van der Waals surface area contributed by atoms with Crippen LogP contribution in [-0.2, 0) is 9.53 Å². The van der Waals surface area contributed by atoms with Crippen LogP contribution in [0, 0.1) is 5.92 Å². The van der Waals surface area contributed by atoms with E-state index in [1.165, 1.54) is 0 Å². The van der Waals surface area contributed by atoms with E-state index in [1.54, 1.807) is 0 Å². The summed E-state index contributed by atoms with van der Waals surface area (Å²) in [6.45, 7) is 2.23. The Morgan fingerprint density at radius 2 is 2.36 bits per heavy atom. The number of carboxylic acid groups (broad SMARTS) is 1. The van der Waals surface area contributed by atoms with Gasteiger partial charge in [-0.2, -0.15) is 0 Å². The number of nitrogens with one attached hydrogen (secondary N) is 1. The van der Waals surface area contributed by atoms with E-state index in [9.17, 15) is 4.79 Å². The van der Waals surface area contributed by atoms with Crippen molar-refractivity contribution < 1.29 is 14.6 Å². The molecule has 1 rings (SSSR count). The summed E-state index contributed by atoms with van der Waals surface area (Å²) < 4.78 is 5.03. The van der Waals surface area contributed by atoms with Crippen molar-refractivity contribution in [3.05, 3.63) is 0 Å². The van der Waals surface area contributed by atoms with Crippen LogP contribution in [0.1, 0.15) is 0 Å². The van der Waals surface area contributed by atoms with Crippen LogP contribution >= 0.6 is 12.4 Å². The van der Waals surface area contributed by atoms with Gasteiger partial charge >= 0.3 is 5.97 Å². The zero-order valence-corrected chi connectivity index (χ0v) is 6.89. The van der Waals surface area contributed by atoms with Crippen LogP contribution in [-0.4, -0.2) is 37.4 Å². The minimum atomic E-state index is -0.783. The minimum Gasteiger partial charge on any atom is -0.481 e. The number of ether oxygens (including phenoxy) is 1. The van der Waals surface area contributed by atoms with Gasteiger partial charge in [0.1, 0.15) is 0 Å². The third kappa shape index (κ3) is 3.55. The first kappa shape index (κ1) is 10.7. The van der Waals surface area contributed by atoms with Crippen LogP contribution in [0.3, 0.4) is 0 Å². The first-order valence-electron chi connectivity index (χ1n) is 3.32. The molecule has 1 fully saturated rings. The molecule has 0 radical (unpaired) electrons. The standard InChI is InChI=1S/C6H11NO3.ClH/c8-6(9)5-3-7-1-2-10-4-5;/h5,7H,1-4H2,(H,8,9);1H/t5-;/m1./s1. The Morgan fingerprint density at radius 1 is 1.64 bits per heavy atom. The van der Waals surface area contributed by atoms with Gasteiger partial charge in [-0.15, -0.1) is 12.4 Å². The lowest BCUT2D eigenvalue weighted by molar-refractivity contribution is -0.143. The summed E-state index contributed by atoms with van der Waals surface area (Å²) in [4.78, 5) is 10.4. The maximum Gasteiger partial charge on any atom is 0.310 e. The average molecular weight is 182 g/mol. The Kier molecular flexibility index (Phi) is 5.19. The quantitative estimate of drug-likeness (QED) is 0.585. The molecule has 1 saturated heterocycles. The average Bonchev–Trinajstić information content (AvgIpc) is 2.12. The van der Waals surface area contributed by atoms with Crippen LogP contribution in [0.5, 0.6) is 0 Å². The van der Waals surface area contributed by atoms with Gasteiger partial charge in [0.25, 0.3) is 0 Å². The molecule has 4 nitrogen and oxygen atoms in total. The summed E-state index contributed by atoms with van der Waals surface area (Å²) in [5.74, 6) is -1.16. The number of aliphatic carboxylic acids is 1. The first-order chi connectivity index (χ1) is 4.80. The van der Waals surface area contributed by atoms with Gasteiger partial charge in [0.2, 0.25) is 0 Å². The lowest BCUT2D eigenvalue weighted by Crippen LogP contribution is -2.28. The fraction of sp³-hybridized carbons (Fsp3) is 0.833. The molecule has 0 spiro atoms. The molecule has 5 heteroatoms. The molecular formula is C6H12ClNO3. The van der Waals surface area contributed by atoms with E-state index in [4.69, 9.17) is 9.84 Å². The highest BCUT2D eigenvalue weighted by Crippen LogP contribution is 1.98. The molecule has 0 unspecified atom stereocenters. The molecule has 1 atom stereocenters. The summed E-state index contributed by atoms with van der Waals surface area (Å²) >= 11 is 0. The fourth-order valence-corrected chi connectivity index (χ4v) is 0.864. The predicted molar refractivity (Wildman–Crippen MR) is 42.1 cm³/mol. The zero-order valence-electron chi connectivity index (χ0n) is 6.08. The highest BCUT2D eigenvalue weighted by molar-refractivity contribution is 5.85. The van der Waals surface area contributed by atoms with E-state index in [-0.39, 0.29) is 18.3 Å². The van der Waals surface area contributed by atoms with Crippen molar-refractivity contribution in [1.29, 1.82) is 0 Å². The molecular weight excluding hydrogens is 170 g/mol. The molecule has 0 aromatic carbocycles. The van der Waals surface area contributed by atoms with Crippen molar-refractivity contribution in [2.24, 2.45) is 5.92 Å². The van der Waals surface area contributed by atoms with Crippen molar-refractivity contribution in [2.75, 3.05) is 26.3 Å². The van der Waals surface area contributed by atoms with Gasteiger partial charge in [-0.05, 0) is 0 Å². The van der Waals surface area contributed by atoms with Crippen LogP contribution in [0.2, 0.25) is 0 Å². The Bertz CT molecular complexity index is 123. The van der Waals surface area contributed by atoms with Crippen LogP contribution in [0.15, 0.2) is 0 Å². The van der Waals surface area contributed by atoms with Crippen LogP contribution in [0.4, 0.5) is 0 Å². The lowest BCUT2D eigenvalue weighted by atomic mass is 10.2. The van der Waals surface area contributed by atoms with E-state index in [1.807, 2.05) is 0 Å². The molecule has 1 aliphatic heterocycles. The second-order valence-electron chi connectivity index (χ2n) is 2.31.